The molecule has 0 spiro atoms. The molecule has 0 bridgehead atoms. The van der Waals surface area contributed by atoms with Gasteiger partial charge in [0.05, 0.1) is 19.6 Å². The number of ether oxygens (including phenoxy) is 1. The molecule has 3 nitrogen and oxygen atoms in total. The van der Waals surface area contributed by atoms with Crippen molar-refractivity contribution in [3.63, 3.8) is 0 Å². The van der Waals surface area contributed by atoms with Gasteiger partial charge in [0.25, 0.3) is 0 Å². The van der Waals surface area contributed by atoms with Crippen LogP contribution in [0.25, 0.3) is 0 Å². The summed E-state index contributed by atoms with van der Waals surface area (Å²) in [6, 6.07) is 25.7. The van der Waals surface area contributed by atoms with Crippen LogP contribution in [-0.2, 0) is 11.2 Å². The van der Waals surface area contributed by atoms with Crippen molar-refractivity contribution in [2.24, 2.45) is 0 Å². The average molecular weight is 345 g/mol. The highest BCUT2D eigenvalue weighted by atomic mass is 16.5. The molecule has 0 heterocycles. The predicted octanol–water partition coefficient (Wildman–Crippen LogP) is 4.45. The molecular weight excluding hydrogens is 322 g/mol. The predicted molar refractivity (Wildman–Crippen MR) is 104 cm³/mol. The lowest BCUT2D eigenvalue weighted by Crippen LogP contribution is -2.31. The second-order valence-corrected chi connectivity index (χ2v) is 6.29. The van der Waals surface area contributed by atoms with Crippen LogP contribution in [0.5, 0.6) is 5.75 Å². The third kappa shape index (κ3) is 4.31. The summed E-state index contributed by atoms with van der Waals surface area (Å²) in [5, 5.41) is 3.20. The van der Waals surface area contributed by atoms with Gasteiger partial charge < -0.3 is 10.1 Å². The van der Waals surface area contributed by atoms with E-state index in [4.69, 9.17) is 4.74 Å². The highest BCUT2D eigenvalue weighted by Crippen LogP contribution is 2.25. The first-order valence-electron chi connectivity index (χ1n) is 8.70. The molecule has 1 amide bonds. The number of hydrogen-bond donors (Lipinski definition) is 1. The van der Waals surface area contributed by atoms with Gasteiger partial charge in [-0.1, -0.05) is 66.7 Å². The third-order valence-corrected chi connectivity index (χ3v) is 4.46. The van der Waals surface area contributed by atoms with E-state index in [1.807, 2.05) is 66.7 Å². The Morgan fingerprint density at radius 1 is 0.923 bits per heavy atom. The van der Waals surface area contributed by atoms with Gasteiger partial charge in [-0.25, -0.2) is 0 Å². The lowest BCUT2D eigenvalue weighted by Gasteiger charge is -2.22. The Hall–Kier alpha value is -3.07. The van der Waals surface area contributed by atoms with Gasteiger partial charge in [0, 0.05) is 0 Å². The molecule has 26 heavy (non-hydrogen) atoms. The van der Waals surface area contributed by atoms with Crippen LogP contribution in [0.15, 0.2) is 78.9 Å². The molecule has 0 unspecified atom stereocenters. The molecule has 0 fully saturated rings. The Balaban J connectivity index is 1.81. The highest BCUT2D eigenvalue weighted by molar-refractivity contribution is 5.79. The van der Waals surface area contributed by atoms with E-state index < -0.39 is 0 Å². The maximum atomic E-state index is 12.7. The Morgan fingerprint density at radius 2 is 1.58 bits per heavy atom. The van der Waals surface area contributed by atoms with Gasteiger partial charge in [-0.3, -0.25) is 4.79 Å². The topological polar surface area (TPSA) is 38.3 Å². The van der Waals surface area contributed by atoms with Crippen molar-refractivity contribution in [2.75, 3.05) is 7.11 Å². The molecule has 0 aliphatic heterocycles. The van der Waals surface area contributed by atoms with E-state index in [1.54, 1.807) is 7.11 Å². The normalized spacial score (nSPS) is 11.6. The lowest BCUT2D eigenvalue weighted by molar-refractivity contribution is -0.120. The number of methoxy groups -OCH3 is 1. The number of carbonyl (C=O) groups is 1. The third-order valence-electron chi connectivity index (χ3n) is 4.46. The number of nitrogens with one attached hydrogen (secondary N) is 1. The zero-order valence-corrected chi connectivity index (χ0v) is 15.1. The van der Waals surface area contributed by atoms with Crippen molar-refractivity contribution < 1.29 is 9.53 Å². The van der Waals surface area contributed by atoms with Crippen LogP contribution >= 0.6 is 0 Å². The summed E-state index contributed by atoms with van der Waals surface area (Å²) < 4.78 is 5.17. The van der Waals surface area contributed by atoms with Crippen molar-refractivity contribution >= 4 is 5.91 Å². The Kier molecular flexibility index (Phi) is 5.69. The largest absolute Gasteiger partial charge is 0.497 e. The first kappa shape index (κ1) is 17.7. The van der Waals surface area contributed by atoms with E-state index in [9.17, 15) is 4.79 Å². The fourth-order valence-corrected chi connectivity index (χ4v) is 3.04. The van der Waals surface area contributed by atoms with Crippen molar-refractivity contribution in [2.45, 2.75) is 19.4 Å². The van der Waals surface area contributed by atoms with Gasteiger partial charge in [-0.15, -0.1) is 0 Å². The smallest absolute Gasteiger partial charge is 0.225 e. The van der Waals surface area contributed by atoms with Gasteiger partial charge in [0.1, 0.15) is 5.75 Å². The van der Waals surface area contributed by atoms with Gasteiger partial charge in [0.15, 0.2) is 0 Å². The first-order chi connectivity index (χ1) is 12.7. The lowest BCUT2D eigenvalue weighted by atomic mass is 9.94. The van der Waals surface area contributed by atoms with E-state index in [-0.39, 0.29) is 11.9 Å². The number of carbonyl (C=O) groups excluding carboxylic acids is 1. The molecule has 1 N–H and O–H groups in total. The van der Waals surface area contributed by atoms with Crippen LogP contribution in [0.3, 0.4) is 0 Å². The molecule has 0 aliphatic rings. The van der Waals surface area contributed by atoms with Crippen LogP contribution in [0.2, 0.25) is 0 Å². The van der Waals surface area contributed by atoms with Crippen molar-refractivity contribution in [3.05, 3.63) is 101 Å². The molecule has 3 aromatic rings. The van der Waals surface area contributed by atoms with Crippen LogP contribution in [-0.4, -0.2) is 13.0 Å². The van der Waals surface area contributed by atoms with E-state index in [0.717, 1.165) is 28.0 Å². The minimum Gasteiger partial charge on any atom is -0.497 e. The average Bonchev–Trinajstić information content (AvgIpc) is 2.68. The number of amides is 1. The summed E-state index contributed by atoms with van der Waals surface area (Å²) in [5.74, 6) is 0.781. The molecule has 1 atom stereocenters. The maximum Gasteiger partial charge on any atom is 0.225 e. The Morgan fingerprint density at radius 3 is 2.23 bits per heavy atom. The van der Waals surface area contributed by atoms with E-state index in [1.165, 1.54) is 0 Å². The summed E-state index contributed by atoms with van der Waals surface area (Å²) >= 11 is 0. The number of rotatable bonds is 6. The van der Waals surface area contributed by atoms with Gasteiger partial charge in [-0.2, -0.15) is 0 Å². The molecule has 132 valence electrons. The fraction of sp³-hybridized carbons (Fsp3) is 0.174. The summed E-state index contributed by atoms with van der Waals surface area (Å²) in [6.07, 6.45) is 0.333. The Labute approximate surface area is 154 Å². The molecule has 0 aromatic heterocycles. The zero-order chi connectivity index (χ0) is 18.4. The summed E-state index contributed by atoms with van der Waals surface area (Å²) in [5.41, 5.74) is 4.30. The quantitative estimate of drug-likeness (QED) is 0.717. The fourth-order valence-electron chi connectivity index (χ4n) is 3.04. The first-order valence-corrected chi connectivity index (χ1v) is 8.70. The van der Waals surface area contributed by atoms with Crippen molar-refractivity contribution in [1.29, 1.82) is 0 Å². The minimum absolute atomic E-state index is 0.00715. The molecule has 3 heteroatoms. The molecule has 3 rings (SSSR count). The Bertz CT molecular complexity index is 857. The summed E-state index contributed by atoms with van der Waals surface area (Å²) in [6.45, 7) is 2.07. The van der Waals surface area contributed by atoms with Crippen LogP contribution in [0.1, 0.15) is 28.3 Å². The van der Waals surface area contributed by atoms with Crippen LogP contribution in [0.4, 0.5) is 0 Å². The molecule has 0 saturated carbocycles. The maximum absolute atomic E-state index is 12.7. The van der Waals surface area contributed by atoms with E-state index in [2.05, 4.69) is 24.4 Å². The SMILES string of the molecule is COc1ccc(CC(=O)N[C@H](c2ccccc2)c2ccccc2C)cc1. The van der Waals surface area contributed by atoms with Crippen LogP contribution < -0.4 is 10.1 Å². The summed E-state index contributed by atoms with van der Waals surface area (Å²) in [7, 11) is 1.63. The molecular formula is C23H23NO2. The minimum atomic E-state index is -0.164. The molecule has 0 radical (unpaired) electrons. The monoisotopic (exact) mass is 345 g/mol. The zero-order valence-electron chi connectivity index (χ0n) is 15.1. The molecule has 3 aromatic carbocycles. The van der Waals surface area contributed by atoms with Gasteiger partial charge in [-0.05, 0) is 41.3 Å². The van der Waals surface area contributed by atoms with Crippen molar-refractivity contribution in [1.82, 2.24) is 5.32 Å². The van der Waals surface area contributed by atoms with Gasteiger partial charge >= 0.3 is 0 Å². The number of hydrogen-bond acceptors (Lipinski definition) is 2. The number of benzene rings is 3. The van der Waals surface area contributed by atoms with Gasteiger partial charge in [0.2, 0.25) is 5.91 Å². The number of aryl methyl sites for hydroxylation is 1. The molecule has 0 saturated heterocycles. The van der Waals surface area contributed by atoms with E-state index in [0.29, 0.717) is 6.42 Å². The summed E-state index contributed by atoms with van der Waals surface area (Å²) in [4.78, 5) is 12.7. The van der Waals surface area contributed by atoms with Crippen molar-refractivity contribution in [3.8, 4) is 5.75 Å². The standard InChI is InChI=1S/C23H23NO2/c1-17-8-6-7-11-21(17)23(19-9-4-3-5-10-19)24-22(25)16-18-12-14-20(26-2)15-13-18/h3-15,23H,16H2,1-2H3,(H,24,25)/t23-/m1/s1. The molecule has 0 aliphatic carbocycles. The second-order valence-electron chi connectivity index (χ2n) is 6.29. The van der Waals surface area contributed by atoms with E-state index >= 15 is 0 Å². The second kappa shape index (κ2) is 8.34. The highest BCUT2D eigenvalue weighted by Gasteiger charge is 2.18. The van der Waals surface area contributed by atoms with Crippen LogP contribution in [0, 0.1) is 6.92 Å².